The molecule has 21 heavy (non-hydrogen) atoms. The monoisotopic (exact) mass is 290 g/mol. The van der Waals surface area contributed by atoms with Crippen molar-refractivity contribution in [3.8, 4) is 5.75 Å². The Morgan fingerprint density at radius 3 is 2.95 bits per heavy atom. The summed E-state index contributed by atoms with van der Waals surface area (Å²) in [5.74, 6) is 1.71. The van der Waals surface area contributed by atoms with Gasteiger partial charge in [-0.25, -0.2) is 0 Å². The average molecular weight is 290 g/mol. The van der Waals surface area contributed by atoms with E-state index in [1.54, 1.807) is 12.0 Å². The minimum absolute atomic E-state index is 0.214. The van der Waals surface area contributed by atoms with E-state index in [0.717, 1.165) is 30.8 Å². The first kappa shape index (κ1) is 15.8. The molecule has 116 valence electrons. The zero-order valence-electron chi connectivity index (χ0n) is 13.1. The molecule has 1 saturated heterocycles. The number of rotatable bonds is 6. The Hall–Kier alpha value is -1.55. The molecule has 0 aliphatic carbocycles. The lowest BCUT2D eigenvalue weighted by atomic mass is 9.94. The largest absolute Gasteiger partial charge is 0.496 e. The second-order valence-corrected chi connectivity index (χ2v) is 5.81. The first-order chi connectivity index (χ1) is 10.2. The number of piperidine rings is 1. The van der Waals surface area contributed by atoms with Crippen LogP contribution in [0.15, 0.2) is 24.3 Å². The van der Waals surface area contributed by atoms with Crippen LogP contribution in [0, 0.1) is 5.92 Å². The molecule has 1 fully saturated rings. The highest BCUT2D eigenvalue weighted by molar-refractivity contribution is 5.75. The molecule has 0 saturated carbocycles. The topological polar surface area (TPSA) is 41.6 Å². The summed E-state index contributed by atoms with van der Waals surface area (Å²) in [5, 5.41) is 3.40. The Labute approximate surface area is 127 Å². The third-order valence-electron chi connectivity index (χ3n) is 4.19. The van der Waals surface area contributed by atoms with E-state index < -0.39 is 0 Å². The zero-order valence-corrected chi connectivity index (χ0v) is 13.1. The maximum absolute atomic E-state index is 12.3. The Bertz CT molecular complexity index is 456. The van der Waals surface area contributed by atoms with Crippen LogP contribution in [0.2, 0.25) is 0 Å². The molecule has 4 heteroatoms. The second kappa shape index (κ2) is 8.03. The minimum Gasteiger partial charge on any atom is -0.496 e. The van der Waals surface area contributed by atoms with Gasteiger partial charge in [0.15, 0.2) is 0 Å². The average Bonchev–Trinajstić information content (AvgIpc) is 2.54. The molecule has 0 aromatic heterocycles. The highest BCUT2D eigenvalue weighted by atomic mass is 16.5. The van der Waals surface area contributed by atoms with Gasteiger partial charge in [0, 0.05) is 25.6 Å². The number of nitrogens with one attached hydrogen (secondary N) is 1. The Kier molecular flexibility index (Phi) is 6.05. The number of carbonyl (C=O) groups excluding carboxylic acids is 1. The van der Waals surface area contributed by atoms with Crippen molar-refractivity contribution in [3.05, 3.63) is 29.8 Å². The van der Waals surface area contributed by atoms with E-state index in [1.165, 1.54) is 12.8 Å². The molecule has 1 atom stereocenters. The molecule has 1 aliphatic heterocycles. The fourth-order valence-electron chi connectivity index (χ4n) is 2.87. The van der Waals surface area contributed by atoms with Crippen LogP contribution < -0.4 is 10.1 Å². The summed E-state index contributed by atoms with van der Waals surface area (Å²) in [7, 11) is 3.53. The number of amides is 1. The van der Waals surface area contributed by atoms with Crippen molar-refractivity contribution in [2.75, 3.05) is 27.2 Å². The van der Waals surface area contributed by atoms with Crippen molar-refractivity contribution in [1.29, 1.82) is 0 Å². The van der Waals surface area contributed by atoms with E-state index in [-0.39, 0.29) is 5.91 Å². The van der Waals surface area contributed by atoms with Crippen molar-refractivity contribution < 1.29 is 9.53 Å². The fraction of sp³-hybridized carbons (Fsp3) is 0.588. The number of ether oxygens (including phenoxy) is 1. The lowest BCUT2D eigenvalue weighted by Crippen LogP contribution is -2.31. The number of methoxy groups -OCH3 is 1. The Morgan fingerprint density at radius 2 is 2.24 bits per heavy atom. The summed E-state index contributed by atoms with van der Waals surface area (Å²) in [6.45, 7) is 2.79. The maximum Gasteiger partial charge on any atom is 0.222 e. The molecule has 2 rings (SSSR count). The summed E-state index contributed by atoms with van der Waals surface area (Å²) in [4.78, 5) is 14.1. The summed E-state index contributed by atoms with van der Waals surface area (Å²) < 4.78 is 5.33. The number of hydrogen-bond donors (Lipinski definition) is 1. The number of hydrogen-bond acceptors (Lipinski definition) is 3. The maximum atomic E-state index is 12.3. The molecule has 1 unspecified atom stereocenters. The molecule has 1 aromatic carbocycles. The van der Waals surface area contributed by atoms with Gasteiger partial charge in [-0.1, -0.05) is 18.2 Å². The summed E-state index contributed by atoms with van der Waals surface area (Å²) in [6.07, 6.45) is 4.10. The summed E-state index contributed by atoms with van der Waals surface area (Å²) >= 11 is 0. The molecule has 0 radical (unpaired) electrons. The van der Waals surface area contributed by atoms with Crippen LogP contribution in [0.4, 0.5) is 0 Å². The van der Waals surface area contributed by atoms with Crippen LogP contribution in [0.5, 0.6) is 5.75 Å². The number of benzene rings is 1. The van der Waals surface area contributed by atoms with Crippen molar-refractivity contribution in [3.63, 3.8) is 0 Å². The van der Waals surface area contributed by atoms with Crippen LogP contribution in [0.1, 0.15) is 31.2 Å². The first-order valence-electron chi connectivity index (χ1n) is 7.77. The molecule has 1 heterocycles. The van der Waals surface area contributed by atoms with Gasteiger partial charge in [-0.2, -0.15) is 0 Å². The SMILES string of the molecule is COc1ccccc1CN(C)C(=O)CCC1CCCNC1. The lowest BCUT2D eigenvalue weighted by molar-refractivity contribution is -0.130. The Morgan fingerprint density at radius 1 is 1.43 bits per heavy atom. The van der Waals surface area contributed by atoms with E-state index in [1.807, 2.05) is 31.3 Å². The number of carbonyl (C=O) groups is 1. The number of para-hydroxylation sites is 1. The van der Waals surface area contributed by atoms with E-state index in [0.29, 0.717) is 18.9 Å². The van der Waals surface area contributed by atoms with Gasteiger partial charge in [0.05, 0.1) is 7.11 Å². The molecular weight excluding hydrogens is 264 g/mol. The van der Waals surface area contributed by atoms with Crippen molar-refractivity contribution in [2.45, 2.75) is 32.2 Å². The molecule has 0 bridgehead atoms. The van der Waals surface area contributed by atoms with Crippen molar-refractivity contribution >= 4 is 5.91 Å². The van der Waals surface area contributed by atoms with Crippen LogP contribution in [-0.2, 0) is 11.3 Å². The van der Waals surface area contributed by atoms with Crippen molar-refractivity contribution in [2.24, 2.45) is 5.92 Å². The van der Waals surface area contributed by atoms with Crippen LogP contribution in [-0.4, -0.2) is 38.1 Å². The smallest absolute Gasteiger partial charge is 0.222 e. The molecule has 4 nitrogen and oxygen atoms in total. The molecule has 1 amide bonds. The third kappa shape index (κ3) is 4.74. The van der Waals surface area contributed by atoms with Gasteiger partial charge in [0.1, 0.15) is 5.75 Å². The standard InChI is InChI=1S/C17H26N2O2/c1-19(13-15-7-3-4-8-16(15)21-2)17(20)10-9-14-6-5-11-18-12-14/h3-4,7-8,14,18H,5-6,9-13H2,1-2H3. The minimum atomic E-state index is 0.214. The van der Waals surface area contributed by atoms with Crippen LogP contribution in [0.3, 0.4) is 0 Å². The summed E-state index contributed by atoms with van der Waals surface area (Å²) in [6, 6.07) is 7.86. The molecule has 1 N–H and O–H groups in total. The first-order valence-corrected chi connectivity index (χ1v) is 7.77. The van der Waals surface area contributed by atoms with Gasteiger partial charge in [0.25, 0.3) is 0 Å². The van der Waals surface area contributed by atoms with Crippen LogP contribution >= 0.6 is 0 Å². The van der Waals surface area contributed by atoms with Gasteiger partial charge >= 0.3 is 0 Å². The van der Waals surface area contributed by atoms with Gasteiger partial charge in [0.2, 0.25) is 5.91 Å². The predicted molar refractivity (Wildman–Crippen MR) is 84.3 cm³/mol. The molecule has 1 aliphatic rings. The quantitative estimate of drug-likeness (QED) is 0.875. The summed E-state index contributed by atoms with van der Waals surface area (Å²) in [5.41, 5.74) is 1.05. The number of nitrogens with zero attached hydrogens (tertiary/aromatic N) is 1. The van der Waals surface area contributed by atoms with Crippen LogP contribution in [0.25, 0.3) is 0 Å². The highest BCUT2D eigenvalue weighted by Gasteiger charge is 2.17. The van der Waals surface area contributed by atoms with E-state index in [2.05, 4.69) is 5.32 Å². The van der Waals surface area contributed by atoms with E-state index in [4.69, 9.17) is 4.74 Å². The predicted octanol–water partition coefficient (Wildman–Crippen LogP) is 2.43. The van der Waals surface area contributed by atoms with E-state index >= 15 is 0 Å². The van der Waals surface area contributed by atoms with Gasteiger partial charge in [-0.05, 0) is 44.3 Å². The second-order valence-electron chi connectivity index (χ2n) is 5.81. The van der Waals surface area contributed by atoms with Gasteiger partial charge < -0.3 is 15.0 Å². The molecule has 0 spiro atoms. The van der Waals surface area contributed by atoms with Gasteiger partial charge in [-0.15, -0.1) is 0 Å². The third-order valence-corrected chi connectivity index (χ3v) is 4.19. The fourth-order valence-corrected chi connectivity index (χ4v) is 2.87. The van der Waals surface area contributed by atoms with Crippen molar-refractivity contribution in [1.82, 2.24) is 10.2 Å². The zero-order chi connectivity index (χ0) is 15.1. The lowest BCUT2D eigenvalue weighted by Gasteiger charge is -2.24. The van der Waals surface area contributed by atoms with Gasteiger partial charge in [-0.3, -0.25) is 4.79 Å². The highest BCUT2D eigenvalue weighted by Crippen LogP contribution is 2.20. The Balaban J connectivity index is 1.81. The molecular formula is C17H26N2O2. The normalized spacial score (nSPS) is 18.3. The van der Waals surface area contributed by atoms with E-state index in [9.17, 15) is 4.79 Å². The molecule has 1 aromatic rings.